The molecule has 274 valence electrons. The monoisotopic (exact) mass is 778 g/mol. The van der Waals surface area contributed by atoms with Crippen molar-refractivity contribution < 1.29 is 9.13 Å². The Hall–Kier alpha value is -6.56. The molecule has 0 aliphatic carbocycles. The van der Waals surface area contributed by atoms with Gasteiger partial charge in [-0.2, -0.15) is 0 Å². The van der Waals surface area contributed by atoms with Gasteiger partial charge in [0.1, 0.15) is 0 Å². The Morgan fingerprint density at radius 3 is 1.21 bits per heavy atom. The van der Waals surface area contributed by atoms with E-state index in [4.69, 9.17) is 0 Å². The second kappa shape index (κ2) is 13.5. The average molecular weight is 779 g/mol. The van der Waals surface area contributed by atoms with E-state index in [2.05, 4.69) is 84.9 Å². The summed E-state index contributed by atoms with van der Waals surface area (Å²) in [5.41, 5.74) is 2.28. The van der Waals surface area contributed by atoms with Crippen molar-refractivity contribution in [2.45, 2.75) is 0 Å². The zero-order valence-electron chi connectivity index (χ0n) is 31.5. The van der Waals surface area contributed by atoms with Crippen LogP contribution in [-0.4, -0.2) is 0 Å². The minimum atomic E-state index is -3.24. The van der Waals surface area contributed by atoms with Crippen molar-refractivity contribution in [2.75, 3.05) is 0 Å². The maximum atomic E-state index is 15.7. The molecule has 0 atom stereocenters. The summed E-state index contributed by atoms with van der Waals surface area (Å²) in [5, 5.41) is 16.0. The molecule has 0 aromatic heterocycles. The minimum Gasteiger partial charge on any atom is -0.309 e. The molecule has 0 bridgehead atoms. The summed E-state index contributed by atoms with van der Waals surface area (Å²) in [5.74, 6) is 0. The van der Waals surface area contributed by atoms with E-state index in [0.29, 0.717) is 0 Å². The summed E-state index contributed by atoms with van der Waals surface area (Å²) in [6.45, 7) is 0. The van der Waals surface area contributed by atoms with Crippen molar-refractivity contribution in [1.29, 1.82) is 0 Å². The van der Waals surface area contributed by atoms with Gasteiger partial charge in [-0.15, -0.1) is 0 Å². The summed E-state index contributed by atoms with van der Waals surface area (Å²) >= 11 is 0. The molecule has 11 aromatic rings. The summed E-state index contributed by atoms with van der Waals surface area (Å²) in [4.78, 5) is 0. The minimum absolute atomic E-state index is 0.822. The molecule has 58 heavy (non-hydrogen) atoms. The van der Waals surface area contributed by atoms with Crippen LogP contribution in [0.25, 0.3) is 65.0 Å². The van der Waals surface area contributed by atoms with Gasteiger partial charge in [0.25, 0.3) is 0 Å². The molecule has 11 rings (SSSR count). The number of benzene rings is 11. The number of rotatable bonds is 7. The van der Waals surface area contributed by atoms with E-state index in [1.54, 1.807) is 0 Å². The highest BCUT2D eigenvalue weighted by atomic mass is 31.2. The van der Waals surface area contributed by atoms with E-state index in [1.165, 1.54) is 5.39 Å². The first-order valence-electron chi connectivity index (χ1n) is 19.6. The Morgan fingerprint density at radius 1 is 0.259 bits per heavy atom. The van der Waals surface area contributed by atoms with Crippen LogP contribution in [-0.2, 0) is 9.13 Å². The molecule has 0 fully saturated rings. The molecule has 0 aliphatic heterocycles. The Balaban J connectivity index is 1.14. The predicted octanol–water partition coefficient (Wildman–Crippen LogP) is 11.8. The van der Waals surface area contributed by atoms with Gasteiger partial charge in [0, 0.05) is 31.8 Å². The van der Waals surface area contributed by atoms with Gasteiger partial charge in [-0.1, -0.05) is 200 Å². The molecule has 0 saturated carbocycles. The quantitative estimate of drug-likeness (QED) is 0.0917. The molecule has 0 aliphatic rings. The first-order chi connectivity index (χ1) is 28.5. The standard InChI is InChI=1S/C54H36O2P2/c55-57(41-17-5-1-6-18-41,42-19-7-2-8-20-42)51-26-14-16-40-35-49-39(36-50(40)51)15-13-25-45(49)46-31-27-37-29-33-48-52(34-30-38-28-32-47(46)53(37)54(38)48)58(56,43-21-9-3-10-22-43)44-23-11-4-12-24-44/h1-36H. The molecule has 0 heterocycles. The van der Waals surface area contributed by atoms with Crippen LogP contribution >= 0.6 is 14.3 Å². The highest BCUT2D eigenvalue weighted by molar-refractivity contribution is 7.86. The summed E-state index contributed by atoms with van der Waals surface area (Å²) < 4.78 is 31.3. The zero-order chi connectivity index (χ0) is 38.8. The molecule has 4 heteroatoms. The smallest absolute Gasteiger partial charge is 0.171 e. The molecule has 0 radical (unpaired) electrons. The summed E-state index contributed by atoms with van der Waals surface area (Å²) in [7, 11) is -6.45. The van der Waals surface area contributed by atoms with Gasteiger partial charge in [-0.3, -0.25) is 0 Å². The Bertz CT molecular complexity index is 3350. The molecule has 0 spiro atoms. The predicted molar refractivity (Wildman–Crippen MR) is 249 cm³/mol. The van der Waals surface area contributed by atoms with Crippen LogP contribution in [0.4, 0.5) is 0 Å². The van der Waals surface area contributed by atoms with Gasteiger partial charge in [-0.05, 0) is 83.2 Å². The Kier molecular flexibility index (Phi) is 8.09. The summed E-state index contributed by atoms with van der Waals surface area (Å²) in [6.07, 6.45) is 0. The van der Waals surface area contributed by atoms with Crippen LogP contribution in [0.15, 0.2) is 218 Å². The highest BCUT2D eigenvalue weighted by Gasteiger charge is 2.33. The van der Waals surface area contributed by atoms with E-state index >= 15 is 9.13 Å². The van der Waals surface area contributed by atoms with Gasteiger partial charge in [0.15, 0.2) is 14.3 Å². The van der Waals surface area contributed by atoms with Gasteiger partial charge < -0.3 is 9.13 Å². The average Bonchev–Trinajstić information content (AvgIpc) is 3.30. The molecule has 0 amide bonds. The summed E-state index contributed by atoms with van der Waals surface area (Å²) in [6, 6.07) is 74.4. The first kappa shape index (κ1) is 34.7. The lowest BCUT2D eigenvalue weighted by atomic mass is 9.88. The highest BCUT2D eigenvalue weighted by Crippen LogP contribution is 2.49. The second-order valence-corrected chi connectivity index (χ2v) is 20.5. The lowest BCUT2D eigenvalue weighted by molar-refractivity contribution is 0.592. The Labute approximate surface area is 337 Å². The topological polar surface area (TPSA) is 34.1 Å². The molecule has 0 unspecified atom stereocenters. The number of hydrogen-bond donors (Lipinski definition) is 0. The third-order valence-corrected chi connectivity index (χ3v) is 18.2. The molecule has 11 aromatic carbocycles. The molecule has 0 saturated heterocycles. The Morgan fingerprint density at radius 2 is 0.655 bits per heavy atom. The van der Waals surface area contributed by atoms with Gasteiger partial charge >= 0.3 is 0 Å². The van der Waals surface area contributed by atoms with Gasteiger partial charge in [-0.25, -0.2) is 0 Å². The third-order valence-electron chi connectivity index (χ3n) is 11.9. The largest absolute Gasteiger partial charge is 0.309 e. The van der Waals surface area contributed by atoms with Crippen molar-refractivity contribution in [3.05, 3.63) is 218 Å². The van der Waals surface area contributed by atoms with Crippen molar-refractivity contribution >= 4 is 100.0 Å². The van der Waals surface area contributed by atoms with Crippen LogP contribution in [0, 0.1) is 0 Å². The maximum absolute atomic E-state index is 15.7. The van der Waals surface area contributed by atoms with Crippen molar-refractivity contribution in [1.82, 2.24) is 0 Å². The normalized spacial score (nSPS) is 12.3. The fourth-order valence-corrected chi connectivity index (χ4v) is 15.0. The van der Waals surface area contributed by atoms with Crippen LogP contribution in [0.5, 0.6) is 0 Å². The number of fused-ring (bicyclic) bond motifs is 2. The third kappa shape index (κ3) is 5.19. The van der Waals surface area contributed by atoms with E-state index < -0.39 is 14.3 Å². The molecule has 2 nitrogen and oxygen atoms in total. The second-order valence-electron chi connectivity index (χ2n) is 15.1. The SMILES string of the molecule is O=P(c1ccccc1)(c1ccccc1)c1cccc2cc3c(-c4ccc5ccc6c(P(=O)(c7ccccc7)c7ccccc7)ccc7ccc4c5c76)cccc3cc12. The van der Waals surface area contributed by atoms with E-state index in [0.717, 1.165) is 91.4 Å². The fraction of sp³-hybridized carbons (Fsp3) is 0. The zero-order valence-corrected chi connectivity index (χ0v) is 33.3. The van der Waals surface area contributed by atoms with Crippen LogP contribution in [0.2, 0.25) is 0 Å². The van der Waals surface area contributed by atoms with E-state index in [1.807, 2.05) is 133 Å². The molecule has 0 N–H and O–H groups in total. The van der Waals surface area contributed by atoms with Crippen molar-refractivity contribution in [3.63, 3.8) is 0 Å². The van der Waals surface area contributed by atoms with Crippen molar-refractivity contribution in [2.24, 2.45) is 0 Å². The van der Waals surface area contributed by atoms with Crippen LogP contribution in [0.3, 0.4) is 0 Å². The maximum Gasteiger partial charge on any atom is 0.171 e. The van der Waals surface area contributed by atoms with Gasteiger partial charge in [0.05, 0.1) is 0 Å². The molecular formula is C54H36O2P2. The number of hydrogen-bond acceptors (Lipinski definition) is 2. The van der Waals surface area contributed by atoms with Crippen LogP contribution < -0.4 is 31.8 Å². The van der Waals surface area contributed by atoms with Gasteiger partial charge in [0.2, 0.25) is 0 Å². The first-order valence-corrected chi connectivity index (χ1v) is 23.0. The van der Waals surface area contributed by atoms with E-state index in [-0.39, 0.29) is 0 Å². The van der Waals surface area contributed by atoms with E-state index in [9.17, 15) is 0 Å². The lowest BCUT2D eigenvalue weighted by Crippen LogP contribution is -2.25. The van der Waals surface area contributed by atoms with Crippen LogP contribution in [0.1, 0.15) is 0 Å². The van der Waals surface area contributed by atoms with Crippen molar-refractivity contribution in [3.8, 4) is 11.1 Å². The fourth-order valence-electron chi connectivity index (χ4n) is 9.25. The molecular weight excluding hydrogens is 743 g/mol. The lowest BCUT2D eigenvalue weighted by Gasteiger charge is -2.23.